The highest BCUT2D eigenvalue weighted by molar-refractivity contribution is 7.85. The van der Waals surface area contributed by atoms with Crippen molar-refractivity contribution in [2.75, 3.05) is 6.26 Å². The van der Waals surface area contributed by atoms with Crippen LogP contribution in [0.3, 0.4) is 0 Å². The van der Waals surface area contributed by atoms with Crippen LogP contribution in [-0.4, -0.2) is 19.7 Å². The molecule has 0 spiro atoms. The summed E-state index contributed by atoms with van der Waals surface area (Å²) in [5.41, 5.74) is 0.380. The number of pyridine rings is 1. The zero-order valence-corrected chi connectivity index (χ0v) is 7.71. The molecule has 13 heavy (non-hydrogen) atoms. The Hall–Kier alpha value is -1.01. The molecule has 0 saturated heterocycles. The van der Waals surface area contributed by atoms with Crippen LogP contribution >= 0.6 is 0 Å². The Bertz CT molecular complexity index is 390. The summed E-state index contributed by atoms with van der Waals surface area (Å²) in [6, 6.07) is 1.16. The van der Waals surface area contributed by atoms with Gasteiger partial charge in [-0.15, -0.1) is 0 Å². The molecule has 0 radical (unpaired) electrons. The van der Waals surface area contributed by atoms with Crippen molar-refractivity contribution in [3.8, 4) is 0 Å². The average molecular weight is 205 g/mol. The fourth-order valence-electron chi connectivity index (χ4n) is 0.710. The van der Waals surface area contributed by atoms with Gasteiger partial charge in [-0.25, -0.2) is 4.39 Å². The first kappa shape index (κ1) is 10.1. The predicted octanol–water partition coefficient (Wildman–Crippen LogP) is 0.697. The molecule has 1 heterocycles. The van der Waals surface area contributed by atoms with Crippen molar-refractivity contribution in [3.05, 3.63) is 29.8 Å². The molecule has 0 atom stereocenters. The van der Waals surface area contributed by atoms with Crippen LogP contribution in [0.25, 0.3) is 0 Å². The molecule has 1 aromatic rings. The van der Waals surface area contributed by atoms with E-state index in [2.05, 4.69) is 9.17 Å². The first-order chi connectivity index (χ1) is 5.97. The molecule has 0 bridgehead atoms. The monoisotopic (exact) mass is 205 g/mol. The van der Waals surface area contributed by atoms with Gasteiger partial charge in [0.1, 0.15) is 5.82 Å². The van der Waals surface area contributed by atoms with Crippen LogP contribution in [0.4, 0.5) is 4.39 Å². The minimum absolute atomic E-state index is 0.191. The van der Waals surface area contributed by atoms with Gasteiger partial charge in [-0.05, 0) is 6.07 Å². The molecular formula is C7H8FNO3S. The van der Waals surface area contributed by atoms with Crippen LogP contribution in [0.1, 0.15) is 5.56 Å². The van der Waals surface area contributed by atoms with E-state index in [0.717, 1.165) is 18.5 Å². The van der Waals surface area contributed by atoms with Crippen molar-refractivity contribution < 1.29 is 17.0 Å². The van der Waals surface area contributed by atoms with Gasteiger partial charge in [-0.1, -0.05) is 0 Å². The smallest absolute Gasteiger partial charge is 0.264 e. The summed E-state index contributed by atoms with van der Waals surface area (Å²) in [5, 5.41) is 0. The Balaban J connectivity index is 2.65. The van der Waals surface area contributed by atoms with E-state index in [1.54, 1.807) is 0 Å². The van der Waals surface area contributed by atoms with E-state index in [9.17, 15) is 12.8 Å². The summed E-state index contributed by atoms with van der Waals surface area (Å²) in [5.74, 6) is -0.519. The van der Waals surface area contributed by atoms with Gasteiger partial charge in [0.05, 0.1) is 19.1 Å². The number of rotatable bonds is 3. The molecule has 0 aliphatic carbocycles. The zero-order chi connectivity index (χ0) is 9.90. The van der Waals surface area contributed by atoms with Gasteiger partial charge >= 0.3 is 0 Å². The van der Waals surface area contributed by atoms with E-state index in [-0.39, 0.29) is 6.61 Å². The van der Waals surface area contributed by atoms with E-state index in [4.69, 9.17) is 0 Å². The second-order valence-electron chi connectivity index (χ2n) is 2.48. The SMILES string of the molecule is CS(=O)(=O)OCc1cncc(F)c1. The Morgan fingerprint density at radius 2 is 2.23 bits per heavy atom. The summed E-state index contributed by atoms with van der Waals surface area (Å²) >= 11 is 0. The molecule has 1 rings (SSSR count). The topological polar surface area (TPSA) is 56.3 Å². The molecule has 0 fully saturated rings. The largest absolute Gasteiger partial charge is 0.265 e. The zero-order valence-electron chi connectivity index (χ0n) is 6.90. The van der Waals surface area contributed by atoms with Gasteiger partial charge in [0.25, 0.3) is 10.1 Å². The number of halogens is 1. The van der Waals surface area contributed by atoms with Crippen LogP contribution in [0.2, 0.25) is 0 Å². The normalized spacial score (nSPS) is 11.5. The lowest BCUT2D eigenvalue weighted by atomic mass is 10.3. The highest BCUT2D eigenvalue weighted by atomic mass is 32.2. The molecule has 0 unspecified atom stereocenters. The van der Waals surface area contributed by atoms with Gasteiger partial charge in [0, 0.05) is 11.8 Å². The quantitative estimate of drug-likeness (QED) is 0.681. The second-order valence-corrected chi connectivity index (χ2v) is 4.12. The van der Waals surface area contributed by atoms with E-state index in [0.29, 0.717) is 5.56 Å². The molecule has 0 aliphatic heterocycles. The minimum atomic E-state index is -3.49. The van der Waals surface area contributed by atoms with Gasteiger partial charge in [0.15, 0.2) is 0 Å². The summed E-state index contributed by atoms with van der Waals surface area (Å²) in [7, 11) is -3.49. The minimum Gasteiger partial charge on any atom is -0.265 e. The van der Waals surface area contributed by atoms with Crippen molar-refractivity contribution in [1.82, 2.24) is 4.98 Å². The van der Waals surface area contributed by atoms with Crippen molar-refractivity contribution in [3.63, 3.8) is 0 Å². The predicted molar refractivity (Wildman–Crippen MR) is 43.8 cm³/mol. The van der Waals surface area contributed by atoms with Crippen molar-refractivity contribution in [1.29, 1.82) is 0 Å². The Labute approximate surface area is 75.5 Å². The fourth-order valence-corrected chi connectivity index (χ4v) is 1.06. The molecule has 72 valence electrons. The van der Waals surface area contributed by atoms with E-state index < -0.39 is 15.9 Å². The number of aromatic nitrogens is 1. The van der Waals surface area contributed by atoms with Gasteiger partial charge in [0.2, 0.25) is 0 Å². The Kier molecular flexibility index (Phi) is 2.94. The third kappa shape index (κ3) is 3.95. The first-order valence-electron chi connectivity index (χ1n) is 3.41. The summed E-state index contributed by atoms with van der Waals surface area (Å²) in [4.78, 5) is 3.54. The first-order valence-corrected chi connectivity index (χ1v) is 5.23. The Morgan fingerprint density at radius 1 is 1.54 bits per heavy atom. The van der Waals surface area contributed by atoms with Gasteiger partial charge in [-0.3, -0.25) is 9.17 Å². The lowest BCUT2D eigenvalue weighted by molar-refractivity contribution is 0.310. The lowest BCUT2D eigenvalue weighted by Crippen LogP contribution is -2.03. The molecule has 0 aliphatic rings. The molecule has 6 heteroatoms. The number of hydrogen-bond donors (Lipinski definition) is 0. The standard InChI is InChI=1S/C7H8FNO3S/c1-13(10,11)12-5-6-2-7(8)4-9-3-6/h2-4H,5H2,1H3. The molecule has 4 nitrogen and oxygen atoms in total. The maximum atomic E-state index is 12.5. The molecular weight excluding hydrogens is 197 g/mol. The molecule has 0 aromatic carbocycles. The van der Waals surface area contributed by atoms with Gasteiger partial charge < -0.3 is 0 Å². The summed E-state index contributed by atoms with van der Waals surface area (Å²) in [6.07, 6.45) is 3.30. The van der Waals surface area contributed by atoms with E-state index >= 15 is 0 Å². The van der Waals surface area contributed by atoms with E-state index in [1.165, 1.54) is 6.20 Å². The lowest BCUT2D eigenvalue weighted by Gasteiger charge is -2.00. The second kappa shape index (κ2) is 3.80. The van der Waals surface area contributed by atoms with Crippen LogP contribution in [0.15, 0.2) is 18.5 Å². The Morgan fingerprint density at radius 3 is 2.77 bits per heavy atom. The third-order valence-electron chi connectivity index (χ3n) is 1.20. The highest BCUT2D eigenvalue weighted by Gasteiger charge is 2.03. The maximum Gasteiger partial charge on any atom is 0.264 e. The molecule has 1 aromatic heterocycles. The summed E-state index contributed by atoms with van der Waals surface area (Å²) in [6.45, 7) is -0.191. The molecule has 0 N–H and O–H groups in total. The number of hydrogen-bond acceptors (Lipinski definition) is 4. The van der Waals surface area contributed by atoms with Crippen LogP contribution < -0.4 is 0 Å². The van der Waals surface area contributed by atoms with Gasteiger partial charge in [-0.2, -0.15) is 8.42 Å². The maximum absolute atomic E-state index is 12.5. The molecule has 0 amide bonds. The van der Waals surface area contributed by atoms with Crippen LogP contribution in [0, 0.1) is 5.82 Å². The number of nitrogens with zero attached hydrogens (tertiary/aromatic N) is 1. The van der Waals surface area contributed by atoms with Crippen molar-refractivity contribution >= 4 is 10.1 Å². The van der Waals surface area contributed by atoms with E-state index in [1.807, 2.05) is 0 Å². The molecule has 0 saturated carbocycles. The summed E-state index contributed by atoms with van der Waals surface area (Å²) < 4.78 is 38.1. The fraction of sp³-hybridized carbons (Fsp3) is 0.286. The van der Waals surface area contributed by atoms with Crippen molar-refractivity contribution in [2.45, 2.75) is 6.61 Å². The van der Waals surface area contributed by atoms with Crippen LogP contribution in [0.5, 0.6) is 0 Å². The van der Waals surface area contributed by atoms with Crippen LogP contribution in [-0.2, 0) is 20.9 Å². The highest BCUT2D eigenvalue weighted by Crippen LogP contribution is 2.03. The van der Waals surface area contributed by atoms with Crippen molar-refractivity contribution in [2.24, 2.45) is 0 Å². The third-order valence-corrected chi connectivity index (χ3v) is 1.75. The average Bonchev–Trinajstić information content (AvgIpc) is 2.00.